The highest BCUT2D eigenvalue weighted by Crippen LogP contribution is 2.15. The molecule has 0 saturated carbocycles. The Morgan fingerprint density at radius 2 is 1.85 bits per heavy atom. The molecule has 0 bridgehead atoms. The van der Waals surface area contributed by atoms with E-state index >= 15 is 0 Å². The van der Waals surface area contributed by atoms with Crippen LogP contribution in [0.2, 0.25) is 5.02 Å². The summed E-state index contributed by atoms with van der Waals surface area (Å²) in [6, 6.07) is 11.1. The van der Waals surface area contributed by atoms with Gasteiger partial charge in [-0.15, -0.1) is 0 Å². The Bertz CT molecular complexity index is 698. The second-order valence-corrected chi connectivity index (χ2v) is 7.19. The second kappa shape index (κ2) is 9.78. The molecule has 0 N–H and O–H groups in total. The summed E-state index contributed by atoms with van der Waals surface area (Å²) in [4.78, 5) is 18.7. The van der Waals surface area contributed by atoms with Gasteiger partial charge in [-0.25, -0.2) is 0 Å². The highest BCUT2D eigenvalue weighted by Gasteiger charge is 2.20. The van der Waals surface area contributed by atoms with Crippen LogP contribution in [0.25, 0.3) is 0 Å². The van der Waals surface area contributed by atoms with Crippen LogP contribution in [-0.4, -0.2) is 73.5 Å². The Morgan fingerprint density at radius 3 is 2.52 bits per heavy atom. The first-order valence-electron chi connectivity index (χ1n) is 9.19. The lowest BCUT2D eigenvalue weighted by atomic mass is 10.3. The molecule has 1 aliphatic rings. The Labute approximate surface area is 165 Å². The van der Waals surface area contributed by atoms with Crippen molar-refractivity contribution >= 4 is 17.5 Å². The number of halogens is 1. The third-order valence-electron chi connectivity index (χ3n) is 4.71. The van der Waals surface area contributed by atoms with E-state index in [1.165, 1.54) is 0 Å². The molecule has 6 nitrogen and oxygen atoms in total. The summed E-state index contributed by atoms with van der Waals surface area (Å²) in [5, 5.41) is 0.711. The summed E-state index contributed by atoms with van der Waals surface area (Å²) in [6.07, 6.45) is 1.63. The van der Waals surface area contributed by atoms with Crippen molar-refractivity contribution in [1.29, 1.82) is 0 Å². The zero-order valence-corrected chi connectivity index (χ0v) is 16.4. The Balaban J connectivity index is 1.32. The minimum absolute atomic E-state index is 0.117. The summed E-state index contributed by atoms with van der Waals surface area (Å²) in [5.74, 6) is 1.76. The fourth-order valence-corrected chi connectivity index (χ4v) is 3.16. The van der Waals surface area contributed by atoms with Gasteiger partial charge >= 0.3 is 0 Å². The van der Waals surface area contributed by atoms with E-state index in [9.17, 15) is 4.79 Å². The second-order valence-electron chi connectivity index (χ2n) is 6.75. The van der Waals surface area contributed by atoms with Gasteiger partial charge in [-0.1, -0.05) is 11.6 Å². The molecule has 1 aromatic heterocycles. The van der Waals surface area contributed by atoms with Gasteiger partial charge in [-0.2, -0.15) is 0 Å². The number of likely N-dealkylation sites (N-methyl/N-ethyl adjacent to an activating group) is 1. The number of amides is 1. The monoisotopic (exact) mass is 391 g/mol. The number of furan rings is 1. The highest BCUT2D eigenvalue weighted by atomic mass is 35.5. The normalized spacial score (nSPS) is 15.6. The molecule has 1 amide bonds. The van der Waals surface area contributed by atoms with Gasteiger partial charge in [-0.3, -0.25) is 14.6 Å². The maximum absolute atomic E-state index is 12.4. The van der Waals surface area contributed by atoms with E-state index < -0.39 is 0 Å². The first kappa shape index (κ1) is 19.7. The van der Waals surface area contributed by atoms with E-state index in [-0.39, 0.29) is 5.91 Å². The van der Waals surface area contributed by atoms with Crippen LogP contribution in [0.4, 0.5) is 0 Å². The van der Waals surface area contributed by atoms with Crippen LogP contribution in [-0.2, 0) is 11.3 Å². The average Bonchev–Trinajstić information content (AvgIpc) is 3.18. The highest BCUT2D eigenvalue weighted by molar-refractivity contribution is 6.30. The number of benzene rings is 1. The zero-order valence-electron chi connectivity index (χ0n) is 15.6. The van der Waals surface area contributed by atoms with Crippen molar-refractivity contribution in [2.75, 3.05) is 52.9 Å². The number of carbonyl (C=O) groups excluding carboxylic acids is 1. The molecule has 1 aromatic carbocycles. The maximum atomic E-state index is 12.4. The van der Waals surface area contributed by atoms with Gasteiger partial charge < -0.3 is 14.1 Å². The third-order valence-corrected chi connectivity index (χ3v) is 4.96. The predicted octanol–water partition coefficient (Wildman–Crippen LogP) is 2.59. The Hall–Kier alpha value is -2.02. The van der Waals surface area contributed by atoms with Gasteiger partial charge in [0.1, 0.15) is 18.1 Å². The quantitative estimate of drug-likeness (QED) is 0.692. The largest absolute Gasteiger partial charge is 0.492 e. The van der Waals surface area contributed by atoms with Crippen LogP contribution in [0.1, 0.15) is 5.76 Å². The SMILES string of the molecule is CN(Cc1ccco1)C(=O)CN1CCN(CCOc2ccc(Cl)cc2)CC1. The van der Waals surface area contributed by atoms with Crippen molar-refractivity contribution in [3.8, 4) is 5.75 Å². The van der Waals surface area contributed by atoms with Crippen molar-refractivity contribution in [1.82, 2.24) is 14.7 Å². The molecule has 0 spiro atoms. The van der Waals surface area contributed by atoms with Crippen molar-refractivity contribution < 1.29 is 13.9 Å². The molecule has 0 aliphatic carbocycles. The van der Waals surface area contributed by atoms with Crippen molar-refractivity contribution in [3.63, 3.8) is 0 Å². The molecule has 1 saturated heterocycles. The molecular weight excluding hydrogens is 366 g/mol. The zero-order chi connectivity index (χ0) is 19.1. The molecule has 0 radical (unpaired) electrons. The molecule has 1 fully saturated rings. The number of hydrogen-bond acceptors (Lipinski definition) is 5. The number of piperazine rings is 1. The molecule has 0 atom stereocenters. The summed E-state index contributed by atoms with van der Waals surface area (Å²) in [5.41, 5.74) is 0. The van der Waals surface area contributed by atoms with Gasteiger partial charge in [-0.05, 0) is 36.4 Å². The van der Waals surface area contributed by atoms with E-state index in [1.54, 1.807) is 11.2 Å². The van der Waals surface area contributed by atoms with Gasteiger partial charge in [0.2, 0.25) is 5.91 Å². The summed E-state index contributed by atoms with van der Waals surface area (Å²) in [7, 11) is 1.81. The lowest BCUT2D eigenvalue weighted by Gasteiger charge is -2.34. The topological polar surface area (TPSA) is 49.2 Å². The average molecular weight is 392 g/mol. The molecular formula is C20H26ClN3O3. The lowest BCUT2D eigenvalue weighted by Crippen LogP contribution is -2.50. The van der Waals surface area contributed by atoms with E-state index in [2.05, 4.69) is 9.80 Å². The minimum Gasteiger partial charge on any atom is -0.492 e. The van der Waals surface area contributed by atoms with Crippen molar-refractivity contribution in [2.45, 2.75) is 6.54 Å². The molecule has 7 heteroatoms. The van der Waals surface area contributed by atoms with E-state index in [4.69, 9.17) is 20.8 Å². The lowest BCUT2D eigenvalue weighted by molar-refractivity contribution is -0.132. The van der Waals surface area contributed by atoms with Crippen molar-refractivity contribution in [3.05, 3.63) is 53.4 Å². The van der Waals surface area contributed by atoms with Crippen LogP contribution in [0.3, 0.4) is 0 Å². The van der Waals surface area contributed by atoms with E-state index in [0.717, 1.165) is 44.2 Å². The molecule has 0 unspecified atom stereocenters. The van der Waals surface area contributed by atoms with Crippen LogP contribution in [0.15, 0.2) is 47.1 Å². The number of hydrogen-bond donors (Lipinski definition) is 0. The Morgan fingerprint density at radius 1 is 1.15 bits per heavy atom. The predicted molar refractivity (Wildman–Crippen MR) is 105 cm³/mol. The van der Waals surface area contributed by atoms with E-state index in [1.807, 2.05) is 43.4 Å². The van der Waals surface area contributed by atoms with E-state index in [0.29, 0.717) is 24.7 Å². The van der Waals surface area contributed by atoms with Gasteiger partial charge in [0.15, 0.2) is 0 Å². The van der Waals surface area contributed by atoms with Crippen LogP contribution in [0, 0.1) is 0 Å². The fourth-order valence-electron chi connectivity index (χ4n) is 3.03. The molecule has 3 rings (SSSR count). The molecule has 1 aliphatic heterocycles. The summed E-state index contributed by atoms with van der Waals surface area (Å²) in [6.45, 7) is 6.15. The third kappa shape index (κ3) is 6.27. The first-order chi connectivity index (χ1) is 13.1. The van der Waals surface area contributed by atoms with Gasteiger partial charge in [0.25, 0.3) is 0 Å². The van der Waals surface area contributed by atoms with Gasteiger partial charge in [0.05, 0.1) is 19.4 Å². The smallest absolute Gasteiger partial charge is 0.236 e. The fraction of sp³-hybridized carbons (Fsp3) is 0.450. The number of ether oxygens (including phenoxy) is 1. The maximum Gasteiger partial charge on any atom is 0.236 e. The molecule has 2 heterocycles. The number of nitrogens with zero attached hydrogens (tertiary/aromatic N) is 3. The standard InChI is InChI=1S/C20H26ClN3O3/c1-22(15-19-3-2-13-26-19)20(25)16-24-10-8-23(9-11-24)12-14-27-18-6-4-17(21)5-7-18/h2-7,13H,8-12,14-16H2,1H3. The Kier molecular flexibility index (Phi) is 7.15. The van der Waals surface area contributed by atoms with Gasteiger partial charge in [0, 0.05) is 44.8 Å². The number of rotatable bonds is 8. The molecule has 146 valence electrons. The summed E-state index contributed by atoms with van der Waals surface area (Å²) >= 11 is 5.87. The number of carbonyl (C=O) groups is 1. The first-order valence-corrected chi connectivity index (χ1v) is 9.57. The molecule has 27 heavy (non-hydrogen) atoms. The molecule has 2 aromatic rings. The van der Waals surface area contributed by atoms with Crippen molar-refractivity contribution in [2.24, 2.45) is 0 Å². The minimum atomic E-state index is 0.117. The van der Waals surface area contributed by atoms with Crippen LogP contribution < -0.4 is 4.74 Å². The van der Waals surface area contributed by atoms with Crippen LogP contribution in [0.5, 0.6) is 5.75 Å². The summed E-state index contributed by atoms with van der Waals surface area (Å²) < 4.78 is 11.1. The van der Waals surface area contributed by atoms with Crippen LogP contribution >= 0.6 is 11.6 Å².